The van der Waals surface area contributed by atoms with Crippen LogP contribution >= 0.6 is 0 Å². The number of rotatable bonds is 44. The molecule has 0 saturated carbocycles. The van der Waals surface area contributed by atoms with Gasteiger partial charge in [-0.3, -0.25) is 9.59 Å². The monoisotopic (exact) mass is 809 g/mol. The molecule has 58 heavy (non-hydrogen) atoms. The van der Waals surface area contributed by atoms with E-state index >= 15 is 0 Å². The van der Waals surface area contributed by atoms with Crippen LogP contribution in [0.3, 0.4) is 0 Å². The molecular formula is C53H92O5. The van der Waals surface area contributed by atoms with Crippen molar-refractivity contribution in [2.24, 2.45) is 0 Å². The smallest absolute Gasteiger partial charge is 0.306 e. The summed E-state index contributed by atoms with van der Waals surface area (Å²) >= 11 is 0. The Balaban J connectivity index is 4.30. The lowest BCUT2D eigenvalue weighted by Crippen LogP contribution is -2.30. The predicted molar refractivity (Wildman–Crippen MR) is 251 cm³/mol. The van der Waals surface area contributed by atoms with Gasteiger partial charge in [0.25, 0.3) is 0 Å². The molecule has 0 saturated heterocycles. The fraction of sp³-hybridized carbons (Fsp3) is 0.736. The Labute approximate surface area is 359 Å². The highest BCUT2D eigenvalue weighted by molar-refractivity contribution is 5.70. The normalized spacial score (nSPS) is 12.8. The number of allylic oxidation sites excluding steroid dienone is 12. The fourth-order valence-corrected chi connectivity index (χ4v) is 6.53. The third-order valence-electron chi connectivity index (χ3n) is 10.2. The van der Waals surface area contributed by atoms with E-state index < -0.39 is 6.10 Å². The maximum Gasteiger partial charge on any atom is 0.306 e. The molecule has 334 valence electrons. The van der Waals surface area contributed by atoms with Crippen LogP contribution in [0.25, 0.3) is 0 Å². The lowest BCUT2D eigenvalue weighted by Gasteiger charge is -2.18. The Morgan fingerprint density at radius 3 is 1.33 bits per heavy atom. The highest BCUT2D eigenvalue weighted by Gasteiger charge is 2.17. The van der Waals surface area contributed by atoms with Crippen LogP contribution in [0.1, 0.15) is 226 Å². The van der Waals surface area contributed by atoms with Crippen LogP contribution in [0.4, 0.5) is 0 Å². The molecule has 0 fully saturated rings. The topological polar surface area (TPSA) is 61.8 Å². The van der Waals surface area contributed by atoms with Crippen LogP contribution < -0.4 is 0 Å². The molecule has 0 aromatic heterocycles. The van der Waals surface area contributed by atoms with Crippen molar-refractivity contribution in [2.45, 2.75) is 232 Å². The van der Waals surface area contributed by atoms with Crippen molar-refractivity contribution < 1.29 is 23.8 Å². The van der Waals surface area contributed by atoms with E-state index in [1.54, 1.807) is 0 Å². The quantitative estimate of drug-likeness (QED) is 0.0348. The Hall–Kier alpha value is -2.66. The second kappa shape index (κ2) is 48.7. The summed E-state index contributed by atoms with van der Waals surface area (Å²) in [5, 5.41) is 0. The first-order chi connectivity index (χ1) is 28.6. The van der Waals surface area contributed by atoms with Gasteiger partial charge in [0.1, 0.15) is 6.61 Å². The molecule has 0 N–H and O–H groups in total. The largest absolute Gasteiger partial charge is 0.462 e. The number of hydrogen-bond donors (Lipinski definition) is 0. The predicted octanol–water partition coefficient (Wildman–Crippen LogP) is 16.3. The SMILES string of the molecule is CC/C=C\C/C=C\C/C=C\CCCCCC(=O)OC(COCCCCCCCC/C=C\CCCC)COC(=O)CCCCCCCCC/C=C\C/C=C\CCCCC. The zero-order valence-corrected chi connectivity index (χ0v) is 38.3. The van der Waals surface area contributed by atoms with Crippen LogP contribution in [-0.4, -0.2) is 37.9 Å². The third kappa shape index (κ3) is 46.0. The molecule has 5 nitrogen and oxygen atoms in total. The van der Waals surface area contributed by atoms with Gasteiger partial charge in [-0.25, -0.2) is 0 Å². The lowest BCUT2D eigenvalue weighted by molar-refractivity contribution is -0.163. The molecular weight excluding hydrogens is 717 g/mol. The van der Waals surface area contributed by atoms with Gasteiger partial charge < -0.3 is 14.2 Å². The molecule has 5 heteroatoms. The van der Waals surface area contributed by atoms with Gasteiger partial charge in [0.05, 0.1) is 6.61 Å². The van der Waals surface area contributed by atoms with Crippen molar-refractivity contribution in [3.05, 3.63) is 72.9 Å². The summed E-state index contributed by atoms with van der Waals surface area (Å²) in [7, 11) is 0. The molecule has 0 heterocycles. The summed E-state index contributed by atoms with van der Waals surface area (Å²) in [6.07, 6.45) is 61.9. The minimum atomic E-state index is -0.558. The van der Waals surface area contributed by atoms with Crippen LogP contribution in [0.15, 0.2) is 72.9 Å². The van der Waals surface area contributed by atoms with E-state index in [2.05, 4.69) is 93.7 Å². The second-order valence-corrected chi connectivity index (χ2v) is 16.0. The highest BCUT2D eigenvalue weighted by atomic mass is 16.6. The summed E-state index contributed by atoms with van der Waals surface area (Å²) in [6.45, 7) is 7.61. The number of ether oxygens (including phenoxy) is 3. The van der Waals surface area contributed by atoms with Gasteiger partial charge in [0.2, 0.25) is 0 Å². The van der Waals surface area contributed by atoms with Crippen molar-refractivity contribution in [1.82, 2.24) is 0 Å². The standard InChI is InChI=1S/C53H92O5/c1-4-7-10-13-16-19-22-25-26-27-28-30-31-34-37-40-43-46-52(54)57-50-51(49-56-48-45-42-39-36-33-24-21-18-15-12-9-6-3)58-53(55)47-44-41-38-35-32-29-23-20-17-14-11-8-5-2/h8,11,15-20,25-26,29,32,51H,4-7,9-10,12-14,21-24,27-28,30-31,33-50H2,1-3H3/b11-8-,18-15-,19-16-,20-17-,26-25-,32-29-. The van der Waals surface area contributed by atoms with E-state index in [4.69, 9.17) is 14.2 Å². The van der Waals surface area contributed by atoms with Crippen molar-refractivity contribution in [3.63, 3.8) is 0 Å². The highest BCUT2D eigenvalue weighted by Crippen LogP contribution is 2.13. The Morgan fingerprint density at radius 1 is 0.397 bits per heavy atom. The van der Waals surface area contributed by atoms with Gasteiger partial charge in [0.15, 0.2) is 6.10 Å². The number of carbonyl (C=O) groups excluding carboxylic acids is 2. The summed E-state index contributed by atoms with van der Waals surface area (Å²) in [6, 6.07) is 0. The van der Waals surface area contributed by atoms with Crippen LogP contribution in [0.2, 0.25) is 0 Å². The number of hydrogen-bond acceptors (Lipinski definition) is 5. The summed E-state index contributed by atoms with van der Waals surface area (Å²) < 4.78 is 17.3. The van der Waals surface area contributed by atoms with Crippen LogP contribution in [-0.2, 0) is 23.8 Å². The molecule has 1 unspecified atom stereocenters. The number of carbonyl (C=O) groups is 2. The first-order valence-electron chi connectivity index (χ1n) is 24.5. The minimum Gasteiger partial charge on any atom is -0.462 e. The molecule has 0 aromatic rings. The third-order valence-corrected chi connectivity index (χ3v) is 10.2. The molecule has 0 spiro atoms. The van der Waals surface area contributed by atoms with E-state index in [1.165, 1.54) is 109 Å². The molecule has 0 aromatic carbocycles. The summed E-state index contributed by atoms with van der Waals surface area (Å²) in [4.78, 5) is 25.3. The molecule has 1 atom stereocenters. The van der Waals surface area contributed by atoms with E-state index in [0.717, 1.165) is 83.5 Å². The molecule has 0 aliphatic carbocycles. The van der Waals surface area contributed by atoms with Gasteiger partial charge in [0, 0.05) is 19.4 Å². The zero-order valence-electron chi connectivity index (χ0n) is 38.3. The average molecular weight is 809 g/mol. The van der Waals surface area contributed by atoms with Gasteiger partial charge in [-0.15, -0.1) is 0 Å². The number of esters is 2. The van der Waals surface area contributed by atoms with E-state index in [0.29, 0.717) is 19.4 Å². The van der Waals surface area contributed by atoms with Crippen molar-refractivity contribution in [3.8, 4) is 0 Å². The van der Waals surface area contributed by atoms with Crippen molar-refractivity contribution in [1.29, 1.82) is 0 Å². The molecule has 0 rings (SSSR count). The average Bonchev–Trinajstić information content (AvgIpc) is 3.22. The Kier molecular flexibility index (Phi) is 46.5. The van der Waals surface area contributed by atoms with Gasteiger partial charge in [-0.2, -0.15) is 0 Å². The van der Waals surface area contributed by atoms with Gasteiger partial charge in [-0.05, 0) is 103 Å². The van der Waals surface area contributed by atoms with Crippen molar-refractivity contribution in [2.75, 3.05) is 19.8 Å². The maximum absolute atomic E-state index is 12.7. The van der Waals surface area contributed by atoms with Gasteiger partial charge in [-0.1, -0.05) is 184 Å². The van der Waals surface area contributed by atoms with Gasteiger partial charge >= 0.3 is 11.9 Å². The fourth-order valence-electron chi connectivity index (χ4n) is 6.53. The number of unbranched alkanes of at least 4 members (excludes halogenated alkanes) is 21. The second-order valence-electron chi connectivity index (χ2n) is 16.0. The maximum atomic E-state index is 12.7. The molecule has 0 bridgehead atoms. The first kappa shape index (κ1) is 55.3. The molecule has 0 radical (unpaired) electrons. The lowest BCUT2D eigenvalue weighted by atomic mass is 10.1. The van der Waals surface area contributed by atoms with E-state index in [9.17, 15) is 9.59 Å². The minimum absolute atomic E-state index is 0.0648. The van der Waals surface area contributed by atoms with E-state index in [-0.39, 0.29) is 25.2 Å². The summed E-state index contributed by atoms with van der Waals surface area (Å²) in [5.41, 5.74) is 0. The molecule has 0 aliphatic rings. The summed E-state index contributed by atoms with van der Waals surface area (Å²) in [5.74, 6) is -0.444. The Morgan fingerprint density at radius 2 is 0.793 bits per heavy atom. The molecule has 0 aliphatic heterocycles. The van der Waals surface area contributed by atoms with Crippen LogP contribution in [0, 0.1) is 0 Å². The van der Waals surface area contributed by atoms with Crippen molar-refractivity contribution >= 4 is 11.9 Å². The van der Waals surface area contributed by atoms with Crippen LogP contribution in [0.5, 0.6) is 0 Å². The van der Waals surface area contributed by atoms with E-state index in [1.807, 2.05) is 0 Å². The zero-order chi connectivity index (χ0) is 42.1. The Bertz CT molecular complexity index is 1050. The molecule has 0 amide bonds. The first-order valence-corrected chi connectivity index (χ1v) is 24.5.